The number of nitrogens with zero attached hydrogens (tertiary/aromatic N) is 1. The van der Waals surface area contributed by atoms with Crippen molar-refractivity contribution in [1.82, 2.24) is 10.2 Å². The molecule has 0 bridgehead atoms. The summed E-state index contributed by atoms with van der Waals surface area (Å²) < 4.78 is 5.45. The summed E-state index contributed by atoms with van der Waals surface area (Å²) in [7, 11) is 1.92. The molecule has 0 aliphatic carbocycles. The Hall–Kier alpha value is -0.320. The number of amides is 1. The van der Waals surface area contributed by atoms with Crippen LogP contribution in [0.15, 0.2) is 0 Å². The van der Waals surface area contributed by atoms with Gasteiger partial charge < -0.3 is 15.0 Å². The van der Waals surface area contributed by atoms with Gasteiger partial charge in [-0.15, -0.1) is 12.4 Å². The van der Waals surface area contributed by atoms with E-state index in [2.05, 4.69) is 5.32 Å². The fraction of sp³-hybridized carbons (Fsp3) is 0.923. The van der Waals surface area contributed by atoms with Crippen LogP contribution in [0.1, 0.15) is 32.1 Å². The van der Waals surface area contributed by atoms with Crippen molar-refractivity contribution < 1.29 is 9.53 Å². The number of hydrogen-bond donors (Lipinski definition) is 1. The van der Waals surface area contributed by atoms with Crippen molar-refractivity contribution in [3.63, 3.8) is 0 Å². The highest BCUT2D eigenvalue weighted by molar-refractivity contribution is 5.85. The molecular weight excluding hydrogens is 252 g/mol. The molecule has 2 aliphatic rings. The largest absolute Gasteiger partial charge is 0.381 e. The number of nitrogens with one attached hydrogen (secondary N) is 1. The smallest absolute Gasteiger partial charge is 0.239 e. The van der Waals surface area contributed by atoms with E-state index in [0.29, 0.717) is 5.92 Å². The molecule has 2 fully saturated rings. The minimum atomic E-state index is 0. The van der Waals surface area contributed by atoms with Crippen molar-refractivity contribution in [3.8, 4) is 0 Å². The third-order valence-electron chi connectivity index (χ3n) is 3.77. The Morgan fingerprint density at radius 1 is 1.33 bits per heavy atom. The molecule has 2 heterocycles. The van der Waals surface area contributed by atoms with Gasteiger partial charge in [0.05, 0.1) is 12.6 Å². The molecule has 0 aromatic rings. The predicted molar refractivity (Wildman–Crippen MR) is 74.1 cm³/mol. The quantitative estimate of drug-likeness (QED) is 0.848. The molecular formula is C13H25ClN2O2. The topological polar surface area (TPSA) is 41.6 Å². The minimum absolute atomic E-state index is 0. The maximum atomic E-state index is 12.2. The summed E-state index contributed by atoms with van der Waals surface area (Å²) in [6, 6.07) is 0.0539. The number of carbonyl (C=O) groups is 1. The van der Waals surface area contributed by atoms with E-state index in [1.54, 1.807) is 0 Å². The third-order valence-corrected chi connectivity index (χ3v) is 3.77. The van der Waals surface area contributed by atoms with Crippen LogP contribution in [-0.2, 0) is 9.53 Å². The summed E-state index contributed by atoms with van der Waals surface area (Å²) in [4.78, 5) is 14.1. The summed E-state index contributed by atoms with van der Waals surface area (Å²) in [5.74, 6) is 0.788. The number of halogens is 1. The molecule has 1 unspecified atom stereocenters. The summed E-state index contributed by atoms with van der Waals surface area (Å²) in [6.07, 6.45) is 5.68. The Labute approximate surface area is 116 Å². The zero-order valence-corrected chi connectivity index (χ0v) is 12.0. The van der Waals surface area contributed by atoms with Gasteiger partial charge in [0.15, 0.2) is 0 Å². The van der Waals surface area contributed by atoms with Gasteiger partial charge in [-0.1, -0.05) is 6.42 Å². The zero-order chi connectivity index (χ0) is 12.1. The third kappa shape index (κ3) is 4.41. The Morgan fingerprint density at radius 3 is 2.78 bits per heavy atom. The summed E-state index contributed by atoms with van der Waals surface area (Å²) in [5, 5.41) is 3.31. The van der Waals surface area contributed by atoms with Crippen LogP contribution in [0.3, 0.4) is 0 Å². The maximum absolute atomic E-state index is 12.2. The molecule has 2 aliphatic heterocycles. The normalized spacial score (nSPS) is 28.3. The molecule has 0 radical (unpaired) electrons. The van der Waals surface area contributed by atoms with Crippen LogP contribution in [0.25, 0.3) is 0 Å². The first-order chi connectivity index (χ1) is 8.27. The fourth-order valence-electron chi connectivity index (χ4n) is 2.76. The fourth-order valence-corrected chi connectivity index (χ4v) is 2.76. The van der Waals surface area contributed by atoms with Gasteiger partial charge >= 0.3 is 0 Å². The van der Waals surface area contributed by atoms with Crippen LogP contribution in [0, 0.1) is 5.92 Å². The SMILES string of the molecule is CN(CC1CCCOC1)C(=O)[C@H]1CCCCN1.Cl. The Kier molecular flexibility index (Phi) is 6.97. The second-order valence-corrected chi connectivity index (χ2v) is 5.30. The van der Waals surface area contributed by atoms with Gasteiger partial charge in [0.25, 0.3) is 0 Å². The van der Waals surface area contributed by atoms with Gasteiger partial charge in [0, 0.05) is 20.2 Å². The van der Waals surface area contributed by atoms with E-state index < -0.39 is 0 Å². The molecule has 0 saturated carbocycles. The van der Waals surface area contributed by atoms with Crippen molar-refractivity contribution in [2.75, 3.05) is 33.4 Å². The van der Waals surface area contributed by atoms with Gasteiger partial charge in [-0.05, 0) is 38.1 Å². The molecule has 18 heavy (non-hydrogen) atoms. The number of likely N-dealkylation sites (N-methyl/N-ethyl adjacent to an activating group) is 1. The first-order valence-corrected chi connectivity index (χ1v) is 6.83. The van der Waals surface area contributed by atoms with E-state index in [0.717, 1.165) is 39.1 Å². The molecule has 5 heteroatoms. The molecule has 0 aromatic carbocycles. The molecule has 4 nitrogen and oxygen atoms in total. The molecule has 0 aromatic heterocycles. The second kappa shape index (κ2) is 7.97. The van der Waals surface area contributed by atoms with Gasteiger partial charge in [0.2, 0.25) is 5.91 Å². The summed E-state index contributed by atoms with van der Waals surface area (Å²) in [6.45, 7) is 3.53. The number of rotatable bonds is 3. The lowest BCUT2D eigenvalue weighted by atomic mass is 10.00. The van der Waals surface area contributed by atoms with Crippen molar-refractivity contribution in [1.29, 1.82) is 0 Å². The lowest BCUT2D eigenvalue weighted by molar-refractivity contribution is -0.133. The number of piperidine rings is 1. The van der Waals surface area contributed by atoms with E-state index in [4.69, 9.17) is 4.74 Å². The molecule has 0 spiro atoms. The van der Waals surface area contributed by atoms with Crippen molar-refractivity contribution in [2.24, 2.45) is 5.92 Å². The average molecular weight is 277 g/mol. The van der Waals surface area contributed by atoms with Gasteiger partial charge in [-0.25, -0.2) is 0 Å². The Morgan fingerprint density at radius 2 is 2.17 bits per heavy atom. The van der Waals surface area contributed by atoms with Crippen LogP contribution < -0.4 is 5.32 Å². The lowest BCUT2D eigenvalue weighted by Crippen LogP contribution is -2.48. The number of carbonyl (C=O) groups excluding carboxylic acids is 1. The highest BCUT2D eigenvalue weighted by Crippen LogP contribution is 2.16. The second-order valence-electron chi connectivity index (χ2n) is 5.30. The Bertz CT molecular complexity index is 251. The van der Waals surface area contributed by atoms with E-state index in [-0.39, 0.29) is 24.4 Å². The highest BCUT2D eigenvalue weighted by atomic mass is 35.5. The standard InChI is InChI=1S/C13H24N2O2.ClH/c1-15(9-11-5-4-8-17-10-11)13(16)12-6-2-3-7-14-12;/h11-12,14H,2-10H2,1H3;1H/t11?,12-;/m1./s1. The van der Waals surface area contributed by atoms with Gasteiger partial charge in [-0.2, -0.15) is 0 Å². The highest BCUT2D eigenvalue weighted by Gasteiger charge is 2.25. The summed E-state index contributed by atoms with van der Waals surface area (Å²) >= 11 is 0. The molecule has 2 rings (SSSR count). The van der Waals surface area contributed by atoms with E-state index in [1.165, 1.54) is 19.3 Å². The predicted octanol–water partition coefficient (Wildman–Crippen LogP) is 1.44. The Balaban J connectivity index is 0.00000162. The van der Waals surface area contributed by atoms with E-state index >= 15 is 0 Å². The monoisotopic (exact) mass is 276 g/mol. The minimum Gasteiger partial charge on any atom is -0.381 e. The number of hydrogen-bond acceptors (Lipinski definition) is 3. The van der Waals surface area contributed by atoms with Crippen LogP contribution in [0.4, 0.5) is 0 Å². The van der Waals surface area contributed by atoms with E-state index in [1.807, 2.05) is 11.9 Å². The lowest BCUT2D eigenvalue weighted by Gasteiger charge is -2.31. The average Bonchev–Trinajstić information content (AvgIpc) is 2.40. The zero-order valence-electron chi connectivity index (χ0n) is 11.2. The van der Waals surface area contributed by atoms with Crippen molar-refractivity contribution in [2.45, 2.75) is 38.1 Å². The molecule has 1 N–H and O–H groups in total. The van der Waals surface area contributed by atoms with E-state index in [9.17, 15) is 4.79 Å². The molecule has 2 saturated heterocycles. The first-order valence-electron chi connectivity index (χ1n) is 6.83. The van der Waals surface area contributed by atoms with Crippen molar-refractivity contribution in [3.05, 3.63) is 0 Å². The number of ether oxygens (including phenoxy) is 1. The van der Waals surface area contributed by atoms with Crippen molar-refractivity contribution >= 4 is 18.3 Å². The maximum Gasteiger partial charge on any atom is 0.239 e. The van der Waals surface area contributed by atoms with Crippen LogP contribution in [0.5, 0.6) is 0 Å². The first kappa shape index (κ1) is 15.7. The van der Waals surface area contributed by atoms with Gasteiger partial charge in [-0.3, -0.25) is 4.79 Å². The van der Waals surface area contributed by atoms with Gasteiger partial charge in [0.1, 0.15) is 0 Å². The van der Waals surface area contributed by atoms with Crippen LogP contribution >= 0.6 is 12.4 Å². The molecule has 1 amide bonds. The molecule has 106 valence electrons. The van der Waals surface area contributed by atoms with Crippen LogP contribution in [0.2, 0.25) is 0 Å². The van der Waals surface area contributed by atoms with Crippen LogP contribution in [-0.4, -0.2) is 50.2 Å². The summed E-state index contributed by atoms with van der Waals surface area (Å²) in [5.41, 5.74) is 0. The molecule has 2 atom stereocenters.